The van der Waals surface area contributed by atoms with Gasteiger partial charge in [0, 0.05) is 8.41 Å². The second kappa shape index (κ2) is 1340. The predicted octanol–water partition coefficient (Wildman–Crippen LogP) is -11.0. The Balaban J connectivity index is 0. The zero-order valence-corrected chi connectivity index (χ0v) is 2.71. The van der Waals surface area contributed by atoms with E-state index in [0.29, 0.717) is 0 Å². The van der Waals surface area contributed by atoms with Gasteiger partial charge in [0.1, 0.15) is 0 Å². The van der Waals surface area contributed by atoms with E-state index >= 15 is 0 Å². The molecule has 6 heavy (non-hydrogen) atoms. The van der Waals surface area contributed by atoms with Crippen LogP contribution >= 0.6 is 0 Å². The Labute approximate surface area is 34.8 Å². The Morgan fingerprint density at radius 1 is 0.500 bits per heavy atom. The van der Waals surface area contributed by atoms with Crippen molar-refractivity contribution in [2.24, 2.45) is 0 Å². The molecule has 0 aliphatic rings. The normalized spacial score (nSPS) is 0. The van der Waals surface area contributed by atoms with Gasteiger partial charge in [0.05, 0.1) is 0 Å². The van der Waals surface area contributed by atoms with Crippen molar-refractivity contribution >= 4 is 8.41 Å². The first-order valence-electron chi connectivity index (χ1n) is 0. The SMILES string of the molecule is O.O.[B].[F-].[F-].[F-]. The highest BCUT2D eigenvalue weighted by Crippen LogP contribution is -0.288. The molecule has 4 N–H and O–H groups in total. The summed E-state index contributed by atoms with van der Waals surface area (Å²) in [6.07, 6.45) is 0. The first-order valence-corrected chi connectivity index (χ1v) is 0. The van der Waals surface area contributed by atoms with Gasteiger partial charge in [-0.2, -0.15) is 0 Å². The second-order valence-electron chi connectivity index (χ2n) is 0. The highest BCUT2D eigenvalue weighted by Gasteiger charge is 0.00000791. The molecule has 43 valence electrons. The lowest BCUT2D eigenvalue weighted by molar-refractivity contribution is -0.001000. The summed E-state index contributed by atoms with van der Waals surface area (Å²) in [7, 11) is 0. The van der Waals surface area contributed by atoms with Gasteiger partial charge in [-0.15, -0.1) is 0 Å². The minimum absolute atomic E-state index is 0. The minimum atomic E-state index is 0. The fourth-order valence-electron chi connectivity index (χ4n) is 0. The Bertz CT molecular complexity index is 8.75. The maximum absolute atomic E-state index is 0. The van der Waals surface area contributed by atoms with E-state index in [0.717, 1.165) is 0 Å². The number of hydrogen-bond acceptors (Lipinski definition) is 0. The molecule has 0 amide bonds. The van der Waals surface area contributed by atoms with E-state index in [1.807, 2.05) is 0 Å². The third-order valence-corrected chi connectivity index (χ3v) is 0. The van der Waals surface area contributed by atoms with Gasteiger partial charge < -0.3 is 25.1 Å². The Kier molecular flexibility index (Phi) is 582000. The van der Waals surface area contributed by atoms with Gasteiger partial charge in [-0.1, -0.05) is 0 Å². The molecule has 3 radical (unpaired) electrons. The first-order chi connectivity index (χ1) is 0. The molecule has 0 fully saturated rings. The Morgan fingerprint density at radius 2 is 0.500 bits per heavy atom. The van der Waals surface area contributed by atoms with Gasteiger partial charge in [-0.3, -0.25) is 0 Å². The van der Waals surface area contributed by atoms with E-state index in [4.69, 9.17) is 0 Å². The molecule has 0 aromatic rings. The topological polar surface area (TPSA) is 63.0 Å². The summed E-state index contributed by atoms with van der Waals surface area (Å²) >= 11 is 0. The Hall–Kier alpha value is -0.225. The predicted molar refractivity (Wildman–Crippen MR) is 13.0 cm³/mol. The summed E-state index contributed by atoms with van der Waals surface area (Å²) in [5.41, 5.74) is 0. The second-order valence-corrected chi connectivity index (χ2v) is 0. The average Bonchev–Trinajstić information content (AvgIpc) is 0. The average molecular weight is 104 g/mol. The van der Waals surface area contributed by atoms with E-state index in [1.165, 1.54) is 0 Å². The lowest BCUT2D eigenvalue weighted by Crippen LogP contribution is -3.00. The van der Waals surface area contributed by atoms with Crippen LogP contribution in [0.5, 0.6) is 0 Å². The molecule has 6 heteroatoms. The van der Waals surface area contributed by atoms with Crippen LogP contribution in [-0.2, 0) is 0 Å². The van der Waals surface area contributed by atoms with Crippen molar-refractivity contribution in [2.75, 3.05) is 0 Å². The van der Waals surface area contributed by atoms with Crippen LogP contribution in [0.15, 0.2) is 0 Å². The molecule has 2 nitrogen and oxygen atoms in total. The molecule has 0 rings (SSSR count). The third kappa shape index (κ3) is 574. The molecule has 0 aromatic carbocycles. The summed E-state index contributed by atoms with van der Waals surface area (Å²) in [6, 6.07) is 0. The maximum Gasteiger partial charge on any atom is 0 e. The lowest BCUT2D eigenvalue weighted by atomic mass is 10.8. The molecule has 0 saturated heterocycles. The lowest BCUT2D eigenvalue weighted by Gasteiger charge is -1.00. The van der Waals surface area contributed by atoms with Crippen LogP contribution < -0.4 is 14.1 Å². The molecule has 0 unspecified atom stereocenters. The molecule has 0 aliphatic heterocycles. The van der Waals surface area contributed by atoms with Crippen molar-refractivity contribution < 1.29 is 25.1 Å². The quantitative estimate of drug-likeness (QED) is 0.274. The van der Waals surface area contributed by atoms with Gasteiger partial charge in [0.25, 0.3) is 0 Å². The van der Waals surface area contributed by atoms with Gasteiger partial charge in [0.2, 0.25) is 0 Å². The van der Waals surface area contributed by atoms with Crippen molar-refractivity contribution in [1.29, 1.82) is 0 Å². The van der Waals surface area contributed by atoms with Crippen LogP contribution in [-0.4, -0.2) is 19.4 Å². The fraction of sp³-hybridized carbons (Fsp3) is 0. The summed E-state index contributed by atoms with van der Waals surface area (Å²) in [4.78, 5) is 0. The van der Waals surface area contributed by atoms with E-state index < -0.39 is 0 Å². The molecule has 0 atom stereocenters. The largest absolute Gasteiger partial charge is 1.00 e. The van der Waals surface area contributed by atoms with E-state index in [1.54, 1.807) is 0 Å². The van der Waals surface area contributed by atoms with Gasteiger partial charge in [-0.25, -0.2) is 0 Å². The summed E-state index contributed by atoms with van der Waals surface area (Å²) in [5, 5.41) is 0. The van der Waals surface area contributed by atoms with E-state index in [-0.39, 0.29) is 33.5 Å². The zero-order chi connectivity index (χ0) is 0. The van der Waals surface area contributed by atoms with Gasteiger partial charge in [-0.05, 0) is 0 Å². The van der Waals surface area contributed by atoms with Crippen LogP contribution in [0.3, 0.4) is 0 Å². The summed E-state index contributed by atoms with van der Waals surface area (Å²) in [5.74, 6) is 0. The Morgan fingerprint density at radius 3 is 0.500 bits per heavy atom. The van der Waals surface area contributed by atoms with Crippen LogP contribution in [0, 0.1) is 0 Å². The molecule has 0 aliphatic carbocycles. The smallest absolute Gasteiger partial charge is 0 e. The standard InChI is InChI=1S/B.3FH.2H2O/h;3*1H;2*1H2/p-3. The molecule has 0 spiro atoms. The summed E-state index contributed by atoms with van der Waals surface area (Å²) in [6.45, 7) is 0. The number of rotatable bonds is 0. The molecule has 0 aromatic heterocycles. The van der Waals surface area contributed by atoms with Crippen LogP contribution in [0.2, 0.25) is 0 Å². The fourth-order valence-corrected chi connectivity index (χ4v) is 0. The monoisotopic (exact) mass is 104 g/mol. The minimum Gasteiger partial charge on any atom is -1.00 e. The molecular formula is H4BF3O2-3. The van der Waals surface area contributed by atoms with Crippen molar-refractivity contribution in [3.8, 4) is 0 Å². The van der Waals surface area contributed by atoms with Crippen molar-refractivity contribution in [1.82, 2.24) is 0 Å². The zero-order valence-electron chi connectivity index (χ0n) is 2.71. The maximum atomic E-state index is 0. The van der Waals surface area contributed by atoms with Crippen LogP contribution in [0.25, 0.3) is 0 Å². The van der Waals surface area contributed by atoms with Gasteiger partial charge in [0.15, 0.2) is 0 Å². The first kappa shape index (κ1) is 2600. The molecular weight excluding hydrogens is 99.8 g/mol. The number of halogens is 3. The highest BCUT2D eigenvalue weighted by atomic mass is 19.0. The van der Waals surface area contributed by atoms with Crippen LogP contribution in [0.4, 0.5) is 0 Å². The molecule has 0 saturated carbocycles. The number of hydrogen-bond donors (Lipinski definition) is 0. The van der Waals surface area contributed by atoms with Gasteiger partial charge >= 0.3 is 0 Å². The van der Waals surface area contributed by atoms with Crippen molar-refractivity contribution in [2.45, 2.75) is 0 Å². The van der Waals surface area contributed by atoms with Crippen LogP contribution in [0.1, 0.15) is 0 Å². The van der Waals surface area contributed by atoms with Crippen molar-refractivity contribution in [3.05, 3.63) is 0 Å². The third-order valence-electron chi connectivity index (χ3n) is 0. The highest BCUT2D eigenvalue weighted by molar-refractivity contribution is 5.75. The van der Waals surface area contributed by atoms with E-state index in [9.17, 15) is 0 Å². The summed E-state index contributed by atoms with van der Waals surface area (Å²) < 4.78 is 0. The molecule has 0 heterocycles. The molecule has 0 bridgehead atoms. The van der Waals surface area contributed by atoms with E-state index in [2.05, 4.69) is 0 Å². The van der Waals surface area contributed by atoms with Crippen molar-refractivity contribution in [3.63, 3.8) is 0 Å².